The van der Waals surface area contributed by atoms with Crippen LogP contribution < -0.4 is 5.32 Å². The first-order chi connectivity index (χ1) is 10.5. The van der Waals surface area contributed by atoms with Gasteiger partial charge in [0.2, 0.25) is 10.0 Å². The first-order valence-corrected chi connectivity index (χ1v) is 11.1. The molecule has 0 aliphatic heterocycles. The number of rotatable bonds is 11. The minimum Gasteiger partial charge on any atom is -0.315 e. The Morgan fingerprint density at radius 3 is 2.23 bits per heavy atom. The Labute approximate surface area is 151 Å². The largest absolute Gasteiger partial charge is 0.315 e. The number of halogens is 2. The quantitative estimate of drug-likeness (QED) is 0.411. The van der Waals surface area contributed by atoms with Crippen LogP contribution in [0.2, 0.25) is 0 Å². The van der Waals surface area contributed by atoms with Gasteiger partial charge in [-0.3, -0.25) is 0 Å². The highest BCUT2D eigenvalue weighted by Gasteiger charge is 2.23. The third-order valence-corrected chi connectivity index (χ3v) is 6.26. The first-order valence-electron chi connectivity index (χ1n) is 7.42. The number of hydrogen-bond donors (Lipinski definition) is 1. The second-order valence-electron chi connectivity index (χ2n) is 5.05. The molecule has 0 unspecified atom stereocenters. The molecule has 0 bridgehead atoms. The lowest BCUT2D eigenvalue weighted by atomic mass is 10.2. The van der Waals surface area contributed by atoms with Gasteiger partial charge >= 0.3 is 0 Å². The second-order valence-corrected chi connectivity index (χ2v) is 8.58. The predicted octanol–water partition coefficient (Wildman–Crippen LogP) is 3.15. The minimum absolute atomic E-state index is 0.369. The van der Waals surface area contributed by atoms with Crippen LogP contribution in [0.15, 0.2) is 29.2 Å². The fraction of sp³-hybridized carbons (Fsp3) is 0.600. The van der Waals surface area contributed by atoms with Crippen molar-refractivity contribution < 1.29 is 8.42 Å². The molecule has 0 fully saturated rings. The Kier molecular flexibility index (Phi) is 9.82. The average Bonchev–Trinajstić information content (AvgIpc) is 2.50. The zero-order chi connectivity index (χ0) is 16.4. The number of hydrogen-bond acceptors (Lipinski definition) is 3. The number of nitrogens with one attached hydrogen (secondary N) is 1. The van der Waals surface area contributed by atoms with Gasteiger partial charge in [-0.25, -0.2) is 8.42 Å². The highest BCUT2D eigenvalue weighted by Crippen LogP contribution is 2.16. The van der Waals surface area contributed by atoms with Gasteiger partial charge in [0.25, 0.3) is 0 Å². The van der Waals surface area contributed by atoms with Crippen LogP contribution in [0.1, 0.15) is 18.4 Å². The van der Waals surface area contributed by atoms with Gasteiger partial charge in [0.05, 0.1) is 4.90 Å². The summed E-state index contributed by atoms with van der Waals surface area (Å²) >= 11 is 6.75. The molecule has 0 heterocycles. The van der Waals surface area contributed by atoms with E-state index in [4.69, 9.17) is 0 Å². The van der Waals surface area contributed by atoms with Crippen LogP contribution in [0.5, 0.6) is 0 Å². The third kappa shape index (κ3) is 6.66. The van der Waals surface area contributed by atoms with Crippen molar-refractivity contribution in [2.45, 2.75) is 24.7 Å². The van der Waals surface area contributed by atoms with Crippen LogP contribution in [0.3, 0.4) is 0 Å². The van der Waals surface area contributed by atoms with Crippen molar-refractivity contribution in [1.29, 1.82) is 0 Å². The van der Waals surface area contributed by atoms with Crippen LogP contribution in [-0.4, -0.2) is 49.6 Å². The van der Waals surface area contributed by atoms with Gasteiger partial charge in [-0.15, -0.1) is 0 Å². The monoisotopic (exact) mass is 454 g/mol. The van der Waals surface area contributed by atoms with Crippen molar-refractivity contribution in [3.63, 3.8) is 0 Å². The van der Waals surface area contributed by atoms with Crippen molar-refractivity contribution in [2.24, 2.45) is 0 Å². The molecule has 0 aliphatic rings. The summed E-state index contributed by atoms with van der Waals surface area (Å²) in [4.78, 5) is 0.369. The van der Waals surface area contributed by atoms with Crippen LogP contribution in [0.4, 0.5) is 0 Å². The number of benzene rings is 1. The van der Waals surface area contributed by atoms with Crippen LogP contribution in [0, 0.1) is 6.92 Å². The molecule has 1 N–H and O–H groups in total. The zero-order valence-electron chi connectivity index (χ0n) is 12.9. The maximum Gasteiger partial charge on any atom is 0.243 e. The molecule has 0 radical (unpaired) electrons. The van der Waals surface area contributed by atoms with E-state index in [1.54, 1.807) is 16.4 Å². The summed E-state index contributed by atoms with van der Waals surface area (Å²) in [5.41, 5.74) is 1.06. The molecule has 4 nitrogen and oxygen atoms in total. The topological polar surface area (TPSA) is 49.4 Å². The van der Waals surface area contributed by atoms with E-state index in [0.29, 0.717) is 24.5 Å². The van der Waals surface area contributed by atoms with E-state index in [1.807, 2.05) is 19.1 Å². The summed E-state index contributed by atoms with van der Waals surface area (Å²) in [5, 5.41) is 5.03. The highest BCUT2D eigenvalue weighted by molar-refractivity contribution is 9.09. The zero-order valence-corrected chi connectivity index (χ0v) is 16.9. The maximum absolute atomic E-state index is 12.7. The molecule has 22 heavy (non-hydrogen) atoms. The van der Waals surface area contributed by atoms with Gasteiger partial charge in [0.15, 0.2) is 0 Å². The predicted molar refractivity (Wildman–Crippen MR) is 99.6 cm³/mol. The first kappa shape index (κ1) is 20.1. The van der Waals surface area contributed by atoms with Crippen LogP contribution in [0.25, 0.3) is 0 Å². The molecule has 0 spiro atoms. The van der Waals surface area contributed by atoms with Gasteiger partial charge in [-0.1, -0.05) is 49.6 Å². The SMILES string of the molecule is Cc1ccc(S(=O)(=O)N(CCCBr)CCNCCCBr)cc1. The van der Waals surface area contributed by atoms with Gasteiger partial charge in [-0.2, -0.15) is 4.31 Å². The normalized spacial score (nSPS) is 12.0. The minimum atomic E-state index is -3.42. The summed E-state index contributed by atoms with van der Waals surface area (Å²) in [6.07, 6.45) is 1.83. The van der Waals surface area contributed by atoms with Crippen molar-refractivity contribution in [1.82, 2.24) is 9.62 Å². The summed E-state index contributed by atoms with van der Waals surface area (Å²) in [6.45, 7) is 4.53. The molecular formula is C15H24Br2N2O2S. The molecule has 1 aromatic rings. The van der Waals surface area contributed by atoms with E-state index in [0.717, 1.165) is 35.6 Å². The third-order valence-electron chi connectivity index (χ3n) is 3.23. The van der Waals surface area contributed by atoms with Gasteiger partial charge < -0.3 is 5.32 Å². The van der Waals surface area contributed by atoms with Crippen LogP contribution >= 0.6 is 31.9 Å². The van der Waals surface area contributed by atoms with Crippen molar-refractivity contribution >= 4 is 41.9 Å². The summed E-state index contributed by atoms with van der Waals surface area (Å²) in [6, 6.07) is 7.04. The average molecular weight is 456 g/mol. The van der Waals surface area contributed by atoms with Crippen molar-refractivity contribution in [3.05, 3.63) is 29.8 Å². The Morgan fingerprint density at radius 1 is 1.00 bits per heavy atom. The van der Waals surface area contributed by atoms with E-state index < -0.39 is 10.0 Å². The van der Waals surface area contributed by atoms with E-state index in [9.17, 15) is 8.42 Å². The summed E-state index contributed by atoms with van der Waals surface area (Å²) in [7, 11) is -3.42. The van der Waals surface area contributed by atoms with Gasteiger partial charge in [0, 0.05) is 30.3 Å². The molecule has 0 saturated heterocycles. The lowest BCUT2D eigenvalue weighted by Gasteiger charge is -2.22. The Balaban J connectivity index is 2.73. The van der Waals surface area contributed by atoms with Crippen molar-refractivity contribution in [3.8, 4) is 0 Å². The molecular weight excluding hydrogens is 432 g/mol. The van der Waals surface area contributed by atoms with E-state index in [-0.39, 0.29) is 0 Å². The lowest BCUT2D eigenvalue weighted by Crippen LogP contribution is -2.38. The molecule has 0 aliphatic carbocycles. The van der Waals surface area contributed by atoms with Gasteiger partial charge in [-0.05, 0) is 38.4 Å². The second kappa shape index (κ2) is 10.8. The molecule has 0 saturated carbocycles. The Hall–Kier alpha value is 0.0500. The number of alkyl halides is 2. The Morgan fingerprint density at radius 2 is 1.64 bits per heavy atom. The number of sulfonamides is 1. The number of nitrogens with zero attached hydrogens (tertiary/aromatic N) is 1. The molecule has 1 aromatic carbocycles. The standard InChI is InChI=1S/C15H24Br2N2O2S/c1-14-4-6-15(7-5-14)22(20,21)19(12-3-9-17)13-11-18-10-2-8-16/h4-7,18H,2-3,8-13H2,1H3. The molecule has 126 valence electrons. The van der Waals surface area contributed by atoms with E-state index in [1.165, 1.54) is 0 Å². The molecule has 0 atom stereocenters. The van der Waals surface area contributed by atoms with Crippen molar-refractivity contribution in [2.75, 3.05) is 36.8 Å². The fourth-order valence-corrected chi connectivity index (χ4v) is 3.98. The number of aryl methyl sites for hydroxylation is 1. The smallest absolute Gasteiger partial charge is 0.243 e. The summed E-state index contributed by atoms with van der Waals surface area (Å²) in [5.74, 6) is 0. The fourth-order valence-electron chi connectivity index (χ4n) is 1.97. The maximum atomic E-state index is 12.7. The molecule has 0 aromatic heterocycles. The highest BCUT2D eigenvalue weighted by atomic mass is 79.9. The Bertz CT molecular complexity index is 521. The van der Waals surface area contributed by atoms with Crippen LogP contribution in [-0.2, 0) is 10.0 Å². The van der Waals surface area contributed by atoms with Gasteiger partial charge in [0.1, 0.15) is 0 Å². The van der Waals surface area contributed by atoms with E-state index >= 15 is 0 Å². The summed E-state index contributed by atoms with van der Waals surface area (Å²) < 4.78 is 27.1. The molecule has 7 heteroatoms. The lowest BCUT2D eigenvalue weighted by molar-refractivity contribution is 0.405. The molecule has 1 rings (SSSR count). The van der Waals surface area contributed by atoms with E-state index in [2.05, 4.69) is 37.2 Å². The molecule has 0 amide bonds.